The molecule has 0 saturated carbocycles. The van der Waals surface area contributed by atoms with Gasteiger partial charge < -0.3 is 20.1 Å². The zero-order valence-electron chi connectivity index (χ0n) is 16.5. The van der Waals surface area contributed by atoms with Gasteiger partial charge in [-0.15, -0.1) is 0 Å². The number of H-pyrrole nitrogens is 1. The van der Waals surface area contributed by atoms with E-state index in [0.29, 0.717) is 37.6 Å². The largest absolute Gasteiger partial charge is 0.370 e. The summed E-state index contributed by atoms with van der Waals surface area (Å²) >= 11 is 0. The number of pyridine rings is 1. The van der Waals surface area contributed by atoms with Crippen molar-refractivity contribution in [2.75, 3.05) is 38.0 Å². The first-order chi connectivity index (χ1) is 14.1. The molecule has 0 bridgehead atoms. The maximum Gasteiger partial charge on any atom is 0.254 e. The van der Waals surface area contributed by atoms with Crippen LogP contribution in [-0.2, 0) is 11.2 Å². The Morgan fingerprint density at radius 3 is 2.66 bits per heavy atom. The van der Waals surface area contributed by atoms with Gasteiger partial charge in [0, 0.05) is 68.5 Å². The first-order valence-electron chi connectivity index (χ1n) is 9.91. The molecule has 2 aromatic heterocycles. The smallest absolute Gasteiger partial charge is 0.254 e. The van der Waals surface area contributed by atoms with Crippen molar-refractivity contribution in [2.45, 2.75) is 13.3 Å². The Bertz CT molecular complexity index is 1020. The van der Waals surface area contributed by atoms with E-state index in [0.717, 1.165) is 18.5 Å². The molecule has 1 aromatic carbocycles. The van der Waals surface area contributed by atoms with Crippen LogP contribution < -0.4 is 5.32 Å². The topological polar surface area (TPSA) is 81.3 Å². The summed E-state index contributed by atoms with van der Waals surface area (Å²) in [7, 11) is 0. The summed E-state index contributed by atoms with van der Waals surface area (Å²) in [5.74, 6) is 0.732. The first kappa shape index (κ1) is 19.0. The van der Waals surface area contributed by atoms with Gasteiger partial charge in [-0.3, -0.25) is 9.59 Å². The lowest BCUT2D eigenvalue weighted by molar-refractivity contribution is -0.130. The van der Waals surface area contributed by atoms with Crippen LogP contribution in [0.4, 0.5) is 5.82 Å². The predicted molar refractivity (Wildman–Crippen MR) is 113 cm³/mol. The molecule has 150 valence electrons. The number of fused-ring (bicyclic) bond motifs is 1. The highest BCUT2D eigenvalue weighted by Gasteiger charge is 2.23. The maximum atomic E-state index is 12.8. The lowest BCUT2D eigenvalue weighted by Crippen LogP contribution is -2.50. The SMILES string of the molecule is CC(=O)N1CCN(C(=O)c2ccnc(NCCc3c[nH]c4ccccc34)c2)CC1. The number of rotatable bonds is 5. The number of aromatic nitrogens is 2. The quantitative estimate of drug-likeness (QED) is 0.700. The van der Waals surface area contributed by atoms with Crippen LogP contribution in [0, 0.1) is 0 Å². The molecule has 2 amide bonds. The maximum absolute atomic E-state index is 12.8. The average Bonchev–Trinajstić information content (AvgIpc) is 3.17. The van der Waals surface area contributed by atoms with Gasteiger partial charge in [0.2, 0.25) is 5.91 Å². The molecule has 29 heavy (non-hydrogen) atoms. The van der Waals surface area contributed by atoms with E-state index in [-0.39, 0.29) is 11.8 Å². The van der Waals surface area contributed by atoms with Crippen LogP contribution in [-0.4, -0.2) is 64.3 Å². The molecular weight excluding hydrogens is 366 g/mol. The minimum Gasteiger partial charge on any atom is -0.370 e. The molecule has 0 spiro atoms. The molecule has 0 unspecified atom stereocenters. The Morgan fingerprint density at radius 1 is 1.10 bits per heavy atom. The Kier molecular flexibility index (Phi) is 5.46. The summed E-state index contributed by atoms with van der Waals surface area (Å²) in [6.07, 6.45) is 4.56. The van der Waals surface area contributed by atoms with E-state index in [4.69, 9.17) is 0 Å². The van der Waals surface area contributed by atoms with Crippen molar-refractivity contribution < 1.29 is 9.59 Å². The standard InChI is InChI=1S/C22H25N5O2/c1-16(28)26-10-12-27(13-11-26)22(29)17-6-8-23-21(14-17)24-9-7-18-15-25-20-5-3-2-4-19(18)20/h2-6,8,14-15,25H,7,9-13H2,1H3,(H,23,24). The van der Waals surface area contributed by atoms with Gasteiger partial charge in [0.15, 0.2) is 0 Å². The van der Waals surface area contributed by atoms with E-state index in [9.17, 15) is 9.59 Å². The van der Waals surface area contributed by atoms with Crippen molar-refractivity contribution in [3.05, 3.63) is 59.9 Å². The lowest BCUT2D eigenvalue weighted by atomic mass is 10.1. The minimum atomic E-state index is -0.0183. The fraction of sp³-hybridized carbons (Fsp3) is 0.318. The number of nitrogens with zero attached hydrogens (tertiary/aromatic N) is 3. The van der Waals surface area contributed by atoms with Crippen LogP contribution in [0.5, 0.6) is 0 Å². The van der Waals surface area contributed by atoms with E-state index in [1.165, 1.54) is 10.9 Å². The molecule has 0 aliphatic carbocycles. The van der Waals surface area contributed by atoms with Crippen LogP contribution >= 0.6 is 0 Å². The molecule has 7 heteroatoms. The summed E-state index contributed by atoms with van der Waals surface area (Å²) < 4.78 is 0. The Hall–Kier alpha value is -3.35. The molecule has 2 N–H and O–H groups in total. The van der Waals surface area contributed by atoms with Crippen LogP contribution in [0.3, 0.4) is 0 Å². The highest BCUT2D eigenvalue weighted by molar-refractivity contribution is 5.95. The van der Waals surface area contributed by atoms with E-state index in [1.807, 2.05) is 18.3 Å². The lowest BCUT2D eigenvalue weighted by Gasteiger charge is -2.34. The molecule has 7 nitrogen and oxygen atoms in total. The van der Waals surface area contributed by atoms with Crippen molar-refractivity contribution in [1.29, 1.82) is 0 Å². The number of carbonyl (C=O) groups is 2. The summed E-state index contributed by atoms with van der Waals surface area (Å²) in [4.78, 5) is 35.4. The van der Waals surface area contributed by atoms with Crippen molar-refractivity contribution in [1.82, 2.24) is 19.8 Å². The second-order valence-electron chi connectivity index (χ2n) is 7.26. The Morgan fingerprint density at radius 2 is 1.86 bits per heavy atom. The first-order valence-corrected chi connectivity index (χ1v) is 9.91. The number of piperazine rings is 1. The van der Waals surface area contributed by atoms with Crippen LogP contribution in [0.1, 0.15) is 22.8 Å². The number of nitrogens with one attached hydrogen (secondary N) is 2. The van der Waals surface area contributed by atoms with Gasteiger partial charge in [-0.1, -0.05) is 18.2 Å². The van der Waals surface area contributed by atoms with Crippen molar-refractivity contribution in [2.24, 2.45) is 0 Å². The minimum absolute atomic E-state index is 0.0183. The predicted octanol–water partition coefficient (Wildman–Crippen LogP) is 2.52. The molecule has 1 aliphatic rings. The monoisotopic (exact) mass is 391 g/mol. The summed E-state index contributed by atoms with van der Waals surface area (Å²) in [6.45, 7) is 4.58. The number of amides is 2. The number of para-hydroxylation sites is 1. The average molecular weight is 391 g/mol. The second kappa shape index (κ2) is 8.34. The van der Waals surface area contributed by atoms with Crippen LogP contribution in [0.25, 0.3) is 10.9 Å². The highest BCUT2D eigenvalue weighted by Crippen LogP contribution is 2.18. The number of anilines is 1. The van der Waals surface area contributed by atoms with E-state index >= 15 is 0 Å². The molecule has 3 aromatic rings. The fourth-order valence-electron chi connectivity index (χ4n) is 3.73. The normalized spacial score (nSPS) is 14.2. The Labute approximate surface area is 169 Å². The zero-order chi connectivity index (χ0) is 20.2. The second-order valence-corrected chi connectivity index (χ2v) is 7.26. The number of hydrogen-bond donors (Lipinski definition) is 2. The number of carbonyl (C=O) groups excluding carboxylic acids is 2. The van der Waals surface area contributed by atoms with Gasteiger partial charge in [-0.05, 0) is 30.2 Å². The van der Waals surface area contributed by atoms with Crippen molar-refractivity contribution in [3.63, 3.8) is 0 Å². The third kappa shape index (κ3) is 4.23. The van der Waals surface area contributed by atoms with Gasteiger partial charge in [0.25, 0.3) is 5.91 Å². The number of benzene rings is 1. The van der Waals surface area contributed by atoms with Gasteiger partial charge in [0.05, 0.1) is 0 Å². The molecule has 0 atom stereocenters. The molecule has 0 radical (unpaired) electrons. The Balaban J connectivity index is 1.35. The molecule has 3 heterocycles. The van der Waals surface area contributed by atoms with E-state index < -0.39 is 0 Å². The summed E-state index contributed by atoms with van der Waals surface area (Å²) in [5.41, 5.74) is 3.01. The number of aromatic amines is 1. The zero-order valence-corrected chi connectivity index (χ0v) is 16.5. The van der Waals surface area contributed by atoms with Gasteiger partial charge in [0.1, 0.15) is 5.82 Å². The number of hydrogen-bond acceptors (Lipinski definition) is 4. The van der Waals surface area contributed by atoms with E-state index in [2.05, 4.69) is 27.4 Å². The molecular formula is C22H25N5O2. The third-order valence-corrected chi connectivity index (χ3v) is 5.39. The van der Waals surface area contributed by atoms with E-state index in [1.54, 1.807) is 35.1 Å². The van der Waals surface area contributed by atoms with Crippen LogP contribution in [0.2, 0.25) is 0 Å². The molecule has 4 rings (SSSR count). The third-order valence-electron chi connectivity index (χ3n) is 5.39. The van der Waals surface area contributed by atoms with Gasteiger partial charge >= 0.3 is 0 Å². The summed E-state index contributed by atoms with van der Waals surface area (Å²) in [5, 5.41) is 4.55. The van der Waals surface area contributed by atoms with Gasteiger partial charge in [-0.2, -0.15) is 0 Å². The van der Waals surface area contributed by atoms with Crippen LogP contribution in [0.15, 0.2) is 48.8 Å². The van der Waals surface area contributed by atoms with Crippen molar-refractivity contribution in [3.8, 4) is 0 Å². The summed E-state index contributed by atoms with van der Waals surface area (Å²) in [6, 6.07) is 11.8. The van der Waals surface area contributed by atoms with Crippen molar-refractivity contribution >= 4 is 28.5 Å². The molecule has 1 fully saturated rings. The molecule has 1 saturated heterocycles. The molecule has 1 aliphatic heterocycles. The fourth-order valence-corrected chi connectivity index (χ4v) is 3.73. The van der Waals surface area contributed by atoms with Gasteiger partial charge in [-0.25, -0.2) is 4.98 Å². The highest BCUT2D eigenvalue weighted by atomic mass is 16.2.